The number of hydrogen-bond acceptors (Lipinski definition) is 5. The highest BCUT2D eigenvalue weighted by atomic mass is 32.1. The molecule has 1 aromatic heterocycles. The van der Waals surface area contributed by atoms with E-state index in [1.165, 1.54) is 29.9 Å². The third kappa shape index (κ3) is 4.64. The van der Waals surface area contributed by atoms with Crippen LogP contribution in [0.1, 0.15) is 12.8 Å². The van der Waals surface area contributed by atoms with Crippen LogP contribution in [-0.2, 0) is 4.74 Å². The van der Waals surface area contributed by atoms with Crippen molar-refractivity contribution in [3.63, 3.8) is 0 Å². The van der Waals surface area contributed by atoms with Gasteiger partial charge in [-0.05, 0) is 48.9 Å². The Morgan fingerprint density at radius 2 is 2.07 bits per heavy atom. The molecular formula is C21H23F2N3O2S. The van der Waals surface area contributed by atoms with E-state index >= 15 is 0 Å². The Morgan fingerprint density at radius 1 is 1.24 bits per heavy atom. The SMILES string of the molecule is COCCN=c1scc(-c2ccc(OC(F)F)cc2)n1/N=C\[C@H]1C[C@@H]2C=C[C@H]1C2. The number of alkyl halides is 2. The van der Waals surface area contributed by atoms with Gasteiger partial charge in [0.1, 0.15) is 5.75 Å². The van der Waals surface area contributed by atoms with Crippen LogP contribution >= 0.6 is 11.3 Å². The zero-order valence-electron chi connectivity index (χ0n) is 16.1. The third-order valence-corrected chi connectivity index (χ3v) is 6.16. The van der Waals surface area contributed by atoms with Crippen LogP contribution in [0.5, 0.6) is 5.75 Å². The fraction of sp³-hybridized carbons (Fsp3) is 0.429. The Labute approximate surface area is 172 Å². The second-order valence-electron chi connectivity index (χ2n) is 7.20. The fourth-order valence-electron chi connectivity index (χ4n) is 3.90. The molecule has 0 saturated heterocycles. The van der Waals surface area contributed by atoms with Crippen LogP contribution in [0.2, 0.25) is 0 Å². The van der Waals surface area contributed by atoms with Gasteiger partial charge in [-0.25, -0.2) is 4.68 Å². The summed E-state index contributed by atoms with van der Waals surface area (Å²) in [6.45, 7) is -1.75. The molecule has 2 aliphatic carbocycles. The third-order valence-electron chi connectivity index (χ3n) is 5.31. The van der Waals surface area contributed by atoms with Crippen molar-refractivity contribution in [1.82, 2.24) is 4.68 Å². The summed E-state index contributed by atoms with van der Waals surface area (Å²) in [6.07, 6.45) is 9.01. The van der Waals surface area contributed by atoms with E-state index in [0.29, 0.717) is 30.9 Å². The monoisotopic (exact) mass is 419 g/mol. The highest BCUT2D eigenvalue weighted by Crippen LogP contribution is 2.42. The number of ether oxygens (including phenoxy) is 2. The number of aromatic nitrogens is 1. The Kier molecular flexibility index (Phi) is 6.20. The first-order chi connectivity index (χ1) is 14.1. The van der Waals surface area contributed by atoms with Crippen LogP contribution in [0.4, 0.5) is 8.78 Å². The summed E-state index contributed by atoms with van der Waals surface area (Å²) in [5.74, 6) is 1.83. The minimum atomic E-state index is -2.83. The maximum atomic E-state index is 12.4. The molecule has 0 radical (unpaired) electrons. The minimum Gasteiger partial charge on any atom is -0.435 e. The Hall–Kier alpha value is -2.32. The Bertz CT molecular complexity index is 950. The number of benzene rings is 1. The van der Waals surface area contributed by atoms with E-state index in [-0.39, 0.29) is 5.75 Å². The summed E-state index contributed by atoms with van der Waals surface area (Å²) in [4.78, 5) is 5.37. The largest absolute Gasteiger partial charge is 0.435 e. The number of hydrogen-bond donors (Lipinski definition) is 0. The second-order valence-corrected chi connectivity index (χ2v) is 8.04. The zero-order chi connectivity index (χ0) is 20.2. The molecule has 2 bridgehead atoms. The molecule has 4 rings (SSSR count). The summed E-state index contributed by atoms with van der Waals surface area (Å²) >= 11 is 1.50. The molecule has 0 N–H and O–H groups in total. The summed E-state index contributed by atoms with van der Waals surface area (Å²) in [5.41, 5.74) is 1.73. The van der Waals surface area contributed by atoms with Crippen molar-refractivity contribution in [2.75, 3.05) is 20.3 Å². The molecule has 154 valence electrons. The summed E-state index contributed by atoms with van der Waals surface area (Å²) in [7, 11) is 1.65. The standard InChI is InChI=1S/C21H23F2N3O2S/c1-27-9-8-24-21-26(25-12-17-11-14-2-3-16(17)10-14)19(13-29-21)15-4-6-18(7-5-15)28-20(22)23/h2-7,12-14,16-17,20H,8-11H2,1H3/b24-21?,25-12-/t14-,16+,17-/m1/s1. The highest BCUT2D eigenvalue weighted by molar-refractivity contribution is 7.07. The molecule has 5 nitrogen and oxygen atoms in total. The van der Waals surface area contributed by atoms with Crippen LogP contribution in [0.3, 0.4) is 0 Å². The molecule has 1 saturated carbocycles. The van der Waals surface area contributed by atoms with Crippen LogP contribution < -0.4 is 9.54 Å². The maximum absolute atomic E-state index is 12.4. The van der Waals surface area contributed by atoms with Crippen molar-refractivity contribution >= 4 is 17.6 Å². The number of fused-ring (bicyclic) bond motifs is 2. The summed E-state index contributed by atoms with van der Waals surface area (Å²) in [5, 5.41) is 6.75. The van der Waals surface area contributed by atoms with Crippen molar-refractivity contribution in [1.29, 1.82) is 0 Å². The number of halogens is 2. The lowest BCUT2D eigenvalue weighted by molar-refractivity contribution is -0.0498. The molecule has 1 fully saturated rings. The number of rotatable bonds is 8. The van der Waals surface area contributed by atoms with Gasteiger partial charge in [0.25, 0.3) is 0 Å². The number of allylic oxidation sites excluding steroid dienone is 2. The van der Waals surface area contributed by atoms with Crippen molar-refractivity contribution in [3.8, 4) is 17.0 Å². The first-order valence-corrected chi connectivity index (χ1v) is 10.5. The van der Waals surface area contributed by atoms with Gasteiger partial charge in [-0.1, -0.05) is 12.2 Å². The van der Waals surface area contributed by atoms with Crippen LogP contribution in [0, 0.1) is 17.8 Å². The van der Waals surface area contributed by atoms with Gasteiger partial charge in [0.15, 0.2) is 0 Å². The van der Waals surface area contributed by atoms with E-state index in [4.69, 9.17) is 9.84 Å². The molecule has 2 aromatic rings. The molecular weight excluding hydrogens is 396 g/mol. The lowest BCUT2D eigenvalue weighted by Gasteiger charge is -2.12. The van der Waals surface area contributed by atoms with E-state index in [1.807, 2.05) is 16.3 Å². The summed E-state index contributed by atoms with van der Waals surface area (Å²) in [6, 6.07) is 6.58. The number of nitrogens with zero attached hydrogens (tertiary/aromatic N) is 3. The molecule has 1 heterocycles. The van der Waals surface area contributed by atoms with Gasteiger partial charge in [0.2, 0.25) is 4.80 Å². The first kappa shape index (κ1) is 20.0. The van der Waals surface area contributed by atoms with Crippen LogP contribution in [0.15, 0.2) is 51.9 Å². The van der Waals surface area contributed by atoms with Gasteiger partial charge in [0, 0.05) is 30.2 Å². The molecule has 3 atom stereocenters. The molecule has 0 aliphatic heterocycles. The van der Waals surface area contributed by atoms with Gasteiger partial charge >= 0.3 is 6.61 Å². The van der Waals surface area contributed by atoms with Crippen LogP contribution in [-0.4, -0.2) is 37.8 Å². The van der Waals surface area contributed by atoms with Crippen molar-refractivity contribution in [3.05, 3.63) is 46.6 Å². The number of methoxy groups -OCH3 is 1. The van der Waals surface area contributed by atoms with E-state index in [1.54, 1.807) is 19.2 Å². The van der Waals surface area contributed by atoms with Gasteiger partial charge in [-0.3, -0.25) is 4.99 Å². The van der Waals surface area contributed by atoms with Crippen molar-refractivity contribution in [2.24, 2.45) is 27.8 Å². The van der Waals surface area contributed by atoms with Gasteiger partial charge in [0.05, 0.1) is 18.8 Å². The lowest BCUT2D eigenvalue weighted by Crippen LogP contribution is -2.16. The fourth-order valence-corrected chi connectivity index (χ4v) is 4.77. The quantitative estimate of drug-likeness (QED) is 0.362. The van der Waals surface area contributed by atoms with E-state index in [0.717, 1.165) is 22.5 Å². The normalized spacial score (nSPS) is 23.7. The Morgan fingerprint density at radius 3 is 2.72 bits per heavy atom. The molecule has 0 unspecified atom stereocenters. The lowest BCUT2D eigenvalue weighted by atomic mass is 9.95. The minimum absolute atomic E-state index is 0.132. The van der Waals surface area contributed by atoms with Crippen molar-refractivity contribution in [2.45, 2.75) is 19.5 Å². The molecule has 0 amide bonds. The first-order valence-electron chi connectivity index (χ1n) is 9.62. The average molecular weight is 419 g/mol. The summed E-state index contributed by atoms with van der Waals surface area (Å²) < 4.78 is 36.2. The highest BCUT2D eigenvalue weighted by Gasteiger charge is 2.34. The van der Waals surface area contributed by atoms with E-state index in [2.05, 4.69) is 21.9 Å². The van der Waals surface area contributed by atoms with Gasteiger partial charge in [-0.2, -0.15) is 13.9 Å². The molecule has 0 spiro atoms. The maximum Gasteiger partial charge on any atom is 0.387 e. The second kappa shape index (κ2) is 9.00. The zero-order valence-corrected chi connectivity index (χ0v) is 16.9. The predicted octanol–water partition coefficient (Wildman–Crippen LogP) is 4.41. The van der Waals surface area contributed by atoms with Crippen LogP contribution in [0.25, 0.3) is 11.3 Å². The predicted molar refractivity (Wildman–Crippen MR) is 109 cm³/mol. The average Bonchev–Trinajstić information content (AvgIpc) is 3.42. The number of thiazole rings is 1. The smallest absolute Gasteiger partial charge is 0.387 e. The van der Waals surface area contributed by atoms with Gasteiger partial charge < -0.3 is 9.47 Å². The Balaban J connectivity index is 1.63. The van der Waals surface area contributed by atoms with E-state index < -0.39 is 6.61 Å². The molecule has 29 heavy (non-hydrogen) atoms. The van der Waals surface area contributed by atoms with Gasteiger partial charge in [-0.15, -0.1) is 11.3 Å². The topological polar surface area (TPSA) is 48.1 Å². The van der Waals surface area contributed by atoms with Crippen molar-refractivity contribution < 1.29 is 18.3 Å². The molecule has 1 aromatic carbocycles. The molecule has 2 aliphatic rings. The van der Waals surface area contributed by atoms with E-state index in [9.17, 15) is 8.78 Å². The molecule has 8 heteroatoms.